The molecule has 73 heavy (non-hydrogen) atoms. The number of rotatable bonds is 15. The maximum atomic E-state index is 12.3. The Labute approximate surface area is 450 Å². The Hall–Kier alpha value is -0.533. The molecule has 15 atom stereocenters. The highest BCUT2D eigenvalue weighted by molar-refractivity contribution is 6.76. The fourth-order valence-electron chi connectivity index (χ4n) is 10.4. The van der Waals surface area contributed by atoms with E-state index in [1.54, 1.807) is 0 Å². The second-order valence-electron chi connectivity index (χ2n) is 22.1. The van der Waals surface area contributed by atoms with Crippen LogP contribution in [0.25, 0.3) is 0 Å². The molecule has 22 heteroatoms. The Balaban J connectivity index is 0.000000210. The molecular weight excluding hydrogens is 1030 g/mol. The average Bonchev–Trinajstić information content (AvgIpc) is 4.17. The zero-order valence-corrected chi connectivity index (χ0v) is 49.3. The Morgan fingerprint density at radius 3 is 1.55 bits per heavy atom. The van der Waals surface area contributed by atoms with E-state index in [0.717, 1.165) is 12.8 Å². The van der Waals surface area contributed by atoms with Gasteiger partial charge >= 0.3 is 5.97 Å². The number of esters is 1. The molecule has 7 rings (SSSR count). The third-order valence-electron chi connectivity index (χ3n) is 16.5. The van der Waals surface area contributed by atoms with Crippen LogP contribution in [-0.4, -0.2) is 162 Å². The van der Waals surface area contributed by atoms with Crippen molar-refractivity contribution in [2.45, 2.75) is 279 Å². The van der Waals surface area contributed by atoms with Crippen LogP contribution in [0.4, 0.5) is 0 Å². The summed E-state index contributed by atoms with van der Waals surface area (Å²) in [5.41, 5.74) is 0. The van der Waals surface area contributed by atoms with Gasteiger partial charge in [0.1, 0.15) is 30.5 Å². The maximum absolute atomic E-state index is 12.3. The predicted molar refractivity (Wildman–Crippen MR) is 276 cm³/mol. The molecule has 0 aromatic rings. The molecule has 0 bridgehead atoms. The van der Waals surface area contributed by atoms with E-state index < -0.39 is 102 Å². The van der Waals surface area contributed by atoms with Crippen molar-refractivity contribution in [3.05, 3.63) is 0 Å². The van der Waals surface area contributed by atoms with Crippen LogP contribution in [0.15, 0.2) is 0 Å². The molecule has 0 spiro atoms. The Morgan fingerprint density at radius 2 is 1.07 bits per heavy atom. The first-order valence-electron chi connectivity index (χ1n) is 26.9. The van der Waals surface area contributed by atoms with E-state index in [1.807, 2.05) is 62.3 Å². The van der Waals surface area contributed by atoms with Gasteiger partial charge in [0.15, 0.2) is 50.0 Å². The Kier molecular flexibility index (Phi) is 21.9. The fraction of sp³-hybridized carbons (Fsp3) is 0.961. The molecule has 7 aliphatic heterocycles. The van der Waals surface area contributed by atoms with Gasteiger partial charge in [-0.15, -0.1) is 0 Å². The van der Waals surface area contributed by atoms with Gasteiger partial charge in [0.25, 0.3) is 3.79 Å². The highest BCUT2D eigenvalue weighted by atomic mass is 35.6. The van der Waals surface area contributed by atoms with Crippen molar-refractivity contribution in [2.75, 3.05) is 19.8 Å². The summed E-state index contributed by atoms with van der Waals surface area (Å²) in [6.45, 7) is 31.3. The Bertz CT molecular complexity index is 1750. The summed E-state index contributed by atoms with van der Waals surface area (Å²) < 4.78 is 76.2. The van der Waals surface area contributed by atoms with Gasteiger partial charge in [-0.25, -0.2) is 4.79 Å². The lowest BCUT2D eigenvalue weighted by molar-refractivity contribution is -0.232. The van der Waals surface area contributed by atoms with Crippen molar-refractivity contribution < 1.29 is 81.4 Å². The van der Waals surface area contributed by atoms with Gasteiger partial charge in [0.2, 0.25) is 12.2 Å². The summed E-state index contributed by atoms with van der Waals surface area (Å²) >= 11 is 17.6. The molecule has 7 fully saturated rings. The number of fused-ring (bicyclic) bond motifs is 3. The molecule has 0 aliphatic carbocycles. The summed E-state index contributed by atoms with van der Waals surface area (Å²) in [5.74, 6) is -3.43. The lowest BCUT2D eigenvalue weighted by Crippen LogP contribution is -2.45. The standard InChI is InChI=1S/C21H38Cl3NO5Si.C17H28O7.C13H24O5/c1-9-20(10-2)29-15-13(3)11-14(12-26-31(7,8)19(4,5)6)27-17(16(15)30-20)28-18(25)21(22,23)24;1-5-16(6-2)21-10(9-18)11(22-16)12-13-14(15(19)20-12)24-17(7-3,8-4)23-13;1-4-13(5-2)17-10-8(3)6-9(7-14)16-12(15)11(10)18-13/h13-17,25H,9-12H2,1-8H3;10-14,18H,5-9H2,1-4H3;8-12,14-15H,4-7H2,1-3H3/t13-,14+,15-,16-,17?;10?,11?,12-,13+,14+;8-,9+,10-,11-,12?/m101/s1. The first kappa shape index (κ1) is 63.3. The lowest BCUT2D eigenvalue weighted by atomic mass is 9.95. The quantitative estimate of drug-likeness (QED) is 0.0395. The molecule has 426 valence electrons. The minimum atomic E-state index is -1.99. The van der Waals surface area contributed by atoms with E-state index in [9.17, 15) is 20.1 Å². The van der Waals surface area contributed by atoms with Gasteiger partial charge < -0.3 is 76.6 Å². The minimum Gasteiger partial charge on any atom is -0.455 e. The minimum absolute atomic E-state index is 0.0848. The number of nitrogens with one attached hydrogen (secondary N) is 1. The summed E-state index contributed by atoms with van der Waals surface area (Å²) in [6.07, 6.45) is -0.181. The van der Waals surface area contributed by atoms with E-state index in [0.29, 0.717) is 58.0 Å². The number of cyclic esters (lactones) is 1. The molecule has 7 saturated heterocycles. The first-order chi connectivity index (χ1) is 34.1. The van der Waals surface area contributed by atoms with Crippen LogP contribution in [0.3, 0.4) is 0 Å². The molecule has 0 radical (unpaired) electrons. The van der Waals surface area contributed by atoms with Crippen molar-refractivity contribution in [3.63, 3.8) is 0 Å². The lowest BCUT2D eigenvalue weighted by Gasteiger charge is -2.37. The van der Waals surface area contributed by atoms with Crippen LogP contribution >= 0.6 is 34.8 Å². The number of hydrogen-bond donors (Lipinski definition) is 4. The largest absolute Gasteiger partial charge is 0.455 e. The van der Waals surface area contributed by atoms with Gasteiger partial charge in [-0.1, -0.05) is 125 Å². The van der Waals surface area contributed by atoms with Gasteiger partial charge in [-0.3, -0.25) is 5.41 Å². The maximum Gasteiger partial charge on any atom is 0.338 e. The van der Waals surface area contributed by atoms with Gasteiger partial charge in [-0.05, 0) is 94.2 Å². The molecule has 0 aromatic carbocycles. The van der Waals surface area contributed by atoms with E-state index in [1.165, 1.54) is 0 Å². The molecule has 0 saturated carbocycles. The number of halogens is 3. The third kappa shape index (κ3) is 14.1. The monoisotopic (exact) mass is 1120 g/mol. The summed E-state index contributed by atoms with van der Waals surface area (Å²) in [7, 11) is -1.96. The molecule has 0 amide bonds. The normalized spacial score (nSPS) is 37.3. The van der Waals surface area contributed by atoms with Crippen LogP contribution < -0.4 is 0 Å². The van der Waals surface area contributed by atoms with Crippen molar-refractivity contribution >= 4 is 55.0 Å². The van der Waals surface area contributed by atoms with E-state index in [4.69, 9.17) is 101 Å². The number of aliphatic hydroxyl groups is 3. The SMILES string of the molecule is CCC1(CC)OC(CO)C([C@@H]2OC(=O)[C@@H]3OC(CC)(CC)O[C@@H]32)O1.CCC1(CC)O[C@@H]2[C@H](C)C[C@@H](CO)OC(O)[C@@H]2O1.CCC1(CC)O[C@@H]2[C@H](C)C[C@@H](CO[Si](C)(C)C(C)(C)C)OC(OC(=N)C(Cl)(Cl)Cl)[C@@H]2O1. The number of carbonyl (C=O) groups is 1. The van der Waals surface area contributed by atoms with Crippen molar-refractivity contribution in [1.29, 1.82) is 5.41 Å². The summed E-state index contributed by atoms with van der Waals surface area (Å²) in [6, 6.07) is 0. The van der Waals surface area contributed by atoms with E-state index >= 15 is 0 Å². The third-order valence-corrected chi connectivity index (χ3v) is 21.5. The van der Waals surface area contributed by atoms with Crippen molar-refractivity contribution in [2.24, 2.45) is 11.8 Å². The van der Waals surface area contributed by atoms with Crippen LogP contribution in [0.2, 0.25) is 18.1 Å². The van der Waals surface area contributed by atoms with Crippen molar-refractivity contribution in [1.82, 2.24) is 0 Å². The molecule has 7 heterocycles. The summed E-state index contributed by atoms with van der Waals surface area (Å²) in [4.78, 5) is 12.3. The number of alkyl halides is 3. The first-order valence-corrected chi connectivity index (χ1v) is 30.9. The second-order valence-corrected chi connectivity index (χ2v) is 29.2. The zero-order chi connectivity index (χ0) is 54.7. The molecule has 4 N–H and O–H groups in total. The molecule has 18 nitrogen and oxygen atoms in total. The summed E-state index contributed by atoms with van der Waals surface area (Å²) in [5, 5.41) is 37.1. The molecule has 0 aromatic heterocycles. The Morgan fingerprint density at radius 1 is 0.630 bits per heavy atom. The highest BCUT2D eigenvalue weighted by Crippen LogP contribution is 2.47. The number of aliphatic hydroxyl groups excluding tert-OH is 3. The second kappa shape index (κ2) is 25.3. The fourth-order valence-corrected chi connectivity index (χ4v) is 11.6. The number of carbonyl (C=O) groups excluding carboxylic acids is 1. The predicted octanol–water partition coefficient (Wildman–Crippen LogP) is 8.95. The van der Waals surface area contributed by atoms with Gasteiger partial charge in [0, 0.05) is 0 Å². The molecule has 7 aliphatic rings. The van der Waals surface area contributed by atoms with E-state index in [2.05, 4.69) is 40.8 Å². The van der Waals surface area contributed by atoms with Crippen molar-refractivity contribution in [3.8, 4) is 0 Å². The van der Waals surface area contributed by atoms with Crippen LogP contribution in [0.1, 0.15) is 154 Å². The smallest absolute Gasteiger partial charge is 0.338 e. The highest BCUT2D eigenvalue weighted by Gasteiger charge is 2.64. The average molecular weight is 1120 g/mol. The topological polar surface area (TPSA) is 222 Å². The van der Waals surface area contributed by atoms with Gasteiger partial charge in [-0.2, -0.15) is 0 Å². The van der Waals surface area contributed by atoms with E-state index in [-0.39, 0.29) is 54.5 Å². The van der Waals surface area contributed by atoms with Crippen LogP contribution in [-0.2, 0) is 66.1 Å². The molecular formula is C51H90Cl3NO17Si. The number of ether oxygens (including phenoxy) is 12. The number of hydrogen-bond acceptors (Lipinski definition) is 18. The van der Waals surface area contributed by atoms with Gasteiger partial charge in [0.05, 0.1) is 44.2 Å². The zero-order valence-electron chi connectivity index (χ0n) is 46.0. The van der Waals surface area contributed by atoms with Crippen LogP contribution in [0, 0.1) is 17.2 Å². The van der Waals surface area contributed by atoms with Crippen LogP contribution in [0.5, 0.6) is 0 Å². The molecule has 4 unspecified atom stereocenters.